The molecule has 0 amide bonds. The Bertz CT molecular complexity index is 677. The molecule has 2 aromatic rings. The van der Waals surface area contributed by atoms with Crippen LogP contribution in [0.2, 0.25) is 0 Å². The molecule has 0 fully saturated rings. The normalized spacial score (nSPS) is 10.3. The van der Waals surface area contributed by atoms with Crippen LogP contribution >= 0.6 is 12.2 Å². The van der Waals surface area contributed by atoms with Gasteiger partial charge in [0.2, 0.25) is 0 Å². The number of methoxy groups -OCH3 is 2. The van der Waals surface area contributed by atoms with E-state index in [1.165, 1.54) is 0 Å². The number of hydrogen-bond donors (Lipinski definition) is 2. The second-order valence-corrected chi connectivity index (χ2v) is 5.88. The van der Waals surface area contributed by atoms with Crippen molar-refractivity contribution in [1.29, 1.82) is 0 Å². The lowest BCUT2D eigenvalue weighted by Gasteiger charge is -2.26. The summed E-state index contributed by atoms with van der Waals surface area (Å²) in [7, 11) is 3.32. The Hall–Kier alpha value is -2.31. The van der Waals surface area contributed by atoms with Crippen molar-refractivity contribution in [2.24, 2.45) is 0 Å². The maximum Gasteiger partial charge on any atom is 0.173 e. The third-order valence-corrected chi connectivity index (χ3v) is 4.12. The number of benzene rings is 2. The van der Waals surface area contributed by atoms with Gasteiger partial charge in [-0.05, 0) is 49.0 Å². The Balaban J connectivity index is 2.17. The number of hydrogen-bond acceptors (Lipinski definition) is 4. The van der Waals surface area contributed by atoms with Gasteiger partial charge in [0.25, 0.3) is 0 Å². The van der Waals surface area contributed by atoms with E-state index in [1.54, 1.807) is 26.4 Å². The number of rotatable bonds is 8. The largest absolute Gasteiger partial charge is 0.508 e. The SMILES string of the molecule is COCCCNC(=S)N(Cc1ccccc1O)c1ccc(OC)cc1. The van der Waals surface area contributed by atoms with Crippen LogP contribution in [0, 0.1) is 0 Å². The Morgan fingerprint density at radius 1 is 1.12 bits per heavy atom. The summed E-state index contributed by atoms with van der Waals surface area (Å²) in [5.74, 6) is 1.04. The van der Waals surface area contributed by atoms with Crippen molar-refractivity contribution in [3.8, 4) is 11.5 Å². The van der Waals surface area contributed by atoms with Gasteiger partial charge >= 0.3 is 0 Å². The molecule has 2 aromatic carbocycles. The highest BCUT2D eigenvalue weighted by Crippen LogP contribution is 2.24. The topological polar surface area (TPSA) is 54.0 Å². The number of nitrogens with zero attached hydrogens (tertiary/aromatic N) is 1. The minimum absolute atomic E-state index is 0.253. The first-order valence-electron chi connectivity index (χ1n) is 8.11. The highest BCUT2D eigenvalue weighted by molar-refractivity contribution is 7.80. The third-order valence-electron chi connectivity index (χ3n) is 3.75. The molecule has 0 unspecified atom stereocenters. The summed E-state index contributed by atoms with van der Waals surface area (Å²) >= 11 is 5.57. The molecule has 6 heteroatoms. The molecule has 134 valence electrons. The highest BCUT2D eigenvalue weighted by Gasteiger charge is 2.14. The van der Waals surface area contributed by atoms with Crippen molar-refractivity contribution in [3.63, 3.8) is 0 Å². The Labute approximate surface area is 154 Å². The van der Waals surface area contributed by atoms with E-state index in [4.69, 9.17) is 21.7 Å². The van der Waals surface area contributed by atoms with E-state index < -0.39 is 0 Å². The minimum atomic E-state index is 0.253. The zero-order valence-corrected chi connectivity index (χ0v) is 15.4. The fourth-order valence-electron chi connectivity index (χ4n) is 2.36. The van der Waals surface area contributed by atoms with Gasteiger partial charge in [0.15, 0.2) is 5.11 Å². The van der Waals surface area contributed by atoms with Crippen molar-refractivity contribution in [1.82, 2.24) is 5.32 Å². The summed E-state index contributed by atoms with van der Waals surface area (Å²) in [6.07, 6.45) is 0.865. The molecule has 0 radical (unpaired) electrons. The van der Waals surface area contributed by atoms with Crippen molar-refractivity contribution in [2.75, 3.05) is 32.3 Å². The number of phenols is 1. The number of anilines is 1. The maximum atomic E-state index is 10.1. The van der Waals surface area contributed by atoms with Crippen LogP contribution in [-0.4, -0.2) is 37.6 Å². The molecule has 0 spiro atoms. The van der Waals surface area contributed by atoms with Gasteiger partial charge in [-0.15, -0.1) is 0 Å². The molecule has 0 saturated carbocycles. The first kappa shape index (κ1) is 19.0. The van der Waals surface area contributed by atoms with Crippen LogP contribution in [0.15, 0.2) is 48.5 Å². The molecule has 0 saturated heterocycles. The lowest BCUT2D eigenvalue weighted by Crippen LogP contribution is -2.40. The highest BCUT2D eigenvalue weighted by atomic mass is 32.1. The fourth-order valence-corrected chi connectivity index (χ4v) is 2.64. The number of ether oxygens (including phenoxy) is 2. The maximum absolute atomic E-state index is 10.1. The zero-order valence-electron chi connectivity index (χ0n) is 14.6. The van der Waals surface area contributed by atoms with E-state index in [0.717, 1.165) is 30.0 Å². The van der Waals surface area contributed by atoms with E-state index in [1.807, 2.05) is 41.3 Å². The summed E-state index contributed by atoms with van der Waals surface area (Å²) in [6, 6.07) is 14.9. The van der Waals surface area contributed by atoms with Gasteiger partial charge in [0.1, 0.15) is 11.5 Å². The molecular weight excluding hydrogens is 336 g/mol. The fraction of sp³-hybridized carbons (Fsp3) is 0.316. The molecule has 2 N–H and O–H groups in total. The van der Waals surface area contributed by atoms with Gasteiger partial charge in [-0.1, -0.05) is 18.2 Å². The van der Waals surface area contributed by atoms with Crippen molar-refractivity contribution in [3.05, 3.63) is 54.1 Å². The van der Waals surface area contributed by atoms with E-state index in [0.29, 0.717) is 18.3 Å². The summed E-state index contributed by atoms with van der Waals surface area (Å²) in [5.41, 5.74) is 1.73. The van der Waals surface area contributed by atoms with E-state index in [-0.39, 0.29) is 5.75 Å². The molecule has 0 aromatic heterocycles. The molecule has 0 aliphatic carbocycles. The number of para-hydroxylation sites is 1. The quantitative estimate of drug-likeness (QED) is 0.556. The second-order valence-electron chi connectivity index (χ2n) is 5.49. The van der Waals surface area contributed by atoms with Crippen molar-refractivity contribution in [2.45, 2.75) is 13.0 Å². The molecule has 2 rings (SSSR count). The first-order chi connectivity index (χ1) is 12.2. The zero-order chi connectivity index (χ0) is 18.1. The molecule has 0 aliphatic heterocycles. The first-order valence-corrected chi connectivity index (χ1v) is 8.51. The number of phenolic OH excluding ortho intramolecular Hbond substituents is 1. The molecule has 0 atom stereocenters. The minimum Gasteiger partial charge on any atom is -0.508 e. The van der Waals surface area contributed by atoms with Crippen molar-refractivity contribution >= 4 is 23.0 Å². The Kier molecular flexibility index (Phi) is 7.50. The van der Waals surface area contributed by atoms with Gasteiger partial charge < -0.3 is 24.8 Å². The van der Waals surface area contributed by atoms with Crippen molar-refractivity contribution < 1.29 is 14.6 Å². The summed E-state index contributed by atoms with van der Waals surface area (Å²) in [5, 5.41) is 13.9. The predicted molar refractivity (Wildman–Crippen MR) is 104 cm³/mol. The van der Waals surface area contributed by atoms with Gasteiger partial charge in [-0.3, -0.25) is 0 Å². The van der Waals surface area contributed by atoms with Crippen LogP contribution in [0.3, 0.4) is 0 Å². The number of thiocarbonyl (C=S) groups is 1. The molecule has 0 aliphatic rings. The van der Waals surface area contributed by atoms with Crippen LogP contribution < -0.4 is 15.0 Å². The number of aromatic hydroxyl groups is 1. The molecule has 5 nitrogen and oxygen atoms in total. The van der Waals surface area contributed by atoms with Crippen LogP contribution in [0.25, 0.3) is 0 Å². The van der Waals surface area contributed by atoms with Crippen LogP contribution in [0.4, 0.5) is 5.69 Å². The summed E-state index contributed by atoms with van der Waals surface area (Å²) < 4.78 is 10.3. The monoisotopic (exact) mass is 360 g/mol. The molecule has 25 heavy (non-hydrogen) atoms. The molecule has 0 heterocycles. The standard InChI is InChI=1S/C19H24N2O3S/c1-23-13-5-12-20-19(25)21(14-15-6-3-4-7-18(15)22)16-8-10-17(24-2)11-9-16/h3-4,6-11,22H,5,12-14H2,1-2H3,(H,20,25). The van der Waals surface area contributed by atoms with Crippen LogP contribution in [0.1, 0.15) is 12.0 Å². The lowest BCUT2D eigenvalue weighted by molar-refractivity contribution is 0.195. The summed E-state index contributed by atoms with van der Waals surface area (Å²) in [6.45, 7) is 1.87. The van der Waals surface area contributed by atoms with Crippen LogP contribution in [-0.2, 0) is 11.3 Å². The van der Waals surface area contributed by atoms with E-state index >= 15 is 0 Å². The summed E-state index contributed by atoms with van der Waals surface area (Å²) in [4.78, 5) is 1.95. The lowest BCUT2D eigenvalue weighted by atomic mass is 10.1. The molecule has 0 bridgehead atoms. The van der Waals surface area contributed by atoms with E-state index in [9.17, 15) is 5.11 Å². The molecular formula is C19H24N2O3S. The van der Waals surface area contributed by atoms with Gasteiger partial charge in [-0.2, -0.15) is 0 Å². The van der Waals surface area contributed by atoms with Gasteiger partial charge in [0, 0.05) is 31.5 Å². The second kappa shape index (κ2) is 9.86. The smallest absolute Gasteiger partial charge is 0.173 e. The van der Waals surface area contributed by atoms with Gasteiger partial charge in [-0.25, -0.2) is 0 Å². The van der Waals surface area contributed by atoms with Gasteiger partial charge in [0.05, 0.1) is 13.7 Å². The van der Waals surface area contributed by atoms with Crippen LogP contribution in [0.5, 0.6) is 11.5 Å². The predicted octanol–water partition coefficient (Wildman–Crippen LogP) is 3.32. The average molecular weight is 360 g/mol. The number of nitrogens with one attached hydrogen (secondary N) is 1. The van der Waals surface area contributed by atoms with E-state index in [2.05, 4.69) is 5.32 Å². The Morgan fingerprint density at radius 3 is 2.48 bits per heavy atom. The third kappa shape index (κ3) is 5.62. The average Bonchev–Trinajstić information content (AvgIpc) is 2.64. The Morgan fingerprint density at radius 2 is 1.84 bits per heavy atom.